The molecule has 1 heterocycles. The maximum absolute atomic E-state index is 5.45. The summed E-state index contributed by atoms with van der Waals surface area (Å²) in [4.78, 5) is 0. The molecule has 1 saturated heterocycles. The minimum absolute atomic E-state index is 0.652. The van der Waals surface area contributed by atoms with Gasteiger partial charge < -0.3 is 10.1 Å². The Balaban J connectivity index is 1.63. The van der Waals surface area contributed by atoms with Gasteiger partial charge >= 0.3 is 0 Å². The first-order valence-electron chi connectivity index (χ1n) is 6.71. The van der Waals surface area contributed by atoms with E-state index in [0.29, 0.717) is 12.0 Å². The van der Waals surface area contributed by atoms with Crippen molar-refractivity contribution in [2.45, 2.75) is 32.2 Å². The van der Waals surface area contributed by atoms with Crippen molar-refractivity contribution in [1.29, 1.82) is 0 Å². The highest BCUT2D eigenvalue weighted by Gasteiger charge is 2.20. The molecule has 0 spiro atoms. The van der Waals surface area contributed by atoms with Crippen molar-refractivity contribution in [3.05, 3.63) is 35.9 Å². The Bertz CT molecular complexity index is 312. The quantitative estimate of drug-likeness (QED) is 0.789. The van der Waals surface area contributed by atoms with E-state index < -0.39 is 0 Å². The second-order valence-electron chi connectivity index (χ2n) is 4.99. The van der Waals surface area contributed by atoms with Gasteiger partial charge in [0.25, 0.3) is 0 Å². The van der Waals surface area contributed by atoms with Crippen LogP contribution in [0.2, 0.25) is 0 Å². The van der Waals surface area contributed by atoms with Gasteiger partial charge in [-0.2, -0.15) is 0 Å². The molecule has 1 fully saturated rings. The summed E-state index contributed by atoms with van der Waals surface area (Å²) in [6.45, 7) is 5.22. The summed E-state index contributed by atoms with van der Waals surface area (Å²) in [5, 5.41) is 3.66. The molecule has 2 atom stereocenters. The normalized spacial score (nSPS) is 24.8. The summed E-state index contributed by atoms with van der Waals surface area (Å²) in [6.07, 6.45) is 3.55. The zero-order valence-electron chi connectivity index (χ0n) is 10.7. The monoisotopic (exact) mass is 233 g/mol. The molecule has 0 bridgehead atoms. The van der Waals surface area contributed by atoms with E-state index in [0.717, 1.165) is 26.2 Å². The Kier molecular flexibility index (Phi) is 5.02. The Morgan fingerprint density at radius 1 is 1.29 bits per heavy atom. The number of benzene rings is 1. The van der Waals surface area contributed by atoms with Crippen molar-refractivity contribution >= 4 is 0 Å². The second kappa shape index (κ2) is 6.77. The summed E-state index contributed by atoms with van der Waals surface area (Å²) < 4.78 is 5.45. The molecule has 1 N–H and O–H groups in total. The molecule has 2 heteroatoms. The molecule has 2 rings (SSSR count). The Hall–Kier alpha value is -0.860. The van der Waals surface area contributed by atoms with Crippen molar-refractivity contribution < 1.29 is 4.74 Å². The van der Waals surface area contributed by atoms with E-state index in [1.54, 1.807) is 0 Å². The maximum atomic E-state index is 5.45. The Labute approximate surface area is 104 Å². The zero-order valence-corrected chi connectivity index (χ0v) is 10.7. The molecular formula is C15H23NO. The first-order chi connectivity index (χ1) is 8.36. The van der Waals surface area contributed by atoms with Gasteiger partial charge in [0.05, 0.1) is 6.61 Å². The van der Waals surface area contributed by atoms with Crippen LogP contribution in [0.1, 0.15) is 25.3 Å². The van der Waals surface area contributed by atoms with Gasteiger partial charge in [0.1, 0.15) is 0 Å². The van der Waals surface area contributed by atoms with Crippen LogP contribution in [0.5, 0.6) is 0 Å². The predicted molar refractivity (Wildman–Crippen MR) is 71.2 cm³/mol. The largest absolute Gasteiger partial charge is 0.381 e. The SMILES string of the molecule is CC1COCCC1NCCCc1ccccc1. The number of rotatable bonds is 5. The van der Waals surface area contributed by atoms with E-state index >= 15 is 0 Å². The number of aryl methyl sites for hydroxylation is 1. The molecule has 2 nitrogen and oxygen atoms in total. The smallest absolute Gasteiger partial charge is 0.0506 e. The molecular weight excluding hydrogens is 210 g/mol. The first-order valence-corrected chi connectivity index (χ1v) is 6.71. The molecule has 0 aromatic heterocycles. The van der Waals surface area contributed by atoms with Gasteiger partial charge in [-0.15, -0.1) is 0 Å². The molecule has 17 heavy (non-hydrogen) atoms. The van der Waals surface area contributed by atoms with Crippen LogP contribution in [0, 0.1) is 5.92 Å². The van der Waals surface area contributed by atoms with Crippen LogP contribution in [0.3, 0.4) is 0 Å². The third-order valence-electron chi connectivity index (χ3n) is 3.53. The van der Waals surface area contributed by atoms with Crippen LogP contribution in [0.15, 0.2) is 30.3 Å². The highest BCUT2D eigenvalue weighted by atomic mass is 16.5. The van der Waals surface area contributed by atoms with Crippen molar-refractivity contribution in [1.82, 2.24) is 5.32 Å². The fourth-order valence-corrected chi connectivity index (χ4v) is 2.41. The van der Waals surface area contributed by atoms with Gasteiger partial charge in [-0.3, -0.25) is 0 Å². The van der Waals surface area contributed by atoms with Crippen LogP contribution in [-0.2, 0) is 11.2 Å². The Morgan fingerprint density at radius 2 is 2.12 bits per heavy atom. The van der Waals surface area contributed by atoms with E-state index in [9.17, 15) is 0 Å². The molecule has 0 aliphatic carbocycles. The van der Waals surface area contributed by atoms with Crippen LogP contribution in [0.25, 0.3) is 0 Å². The molecule has 1 aliphatic rings. The third-order valence-corrected chi connectivity index (χ3v) is 3.53. The van der Waals surface area contributed by atoms with Crippen molar-refractivity contribution in [3.8, 4) is 0 Å². The second-order valence-corrected chi connectivity index (χ2v) is 4.99. The Morgan fingerprint density at radius 3 is 2.88 bits per heavy atom. The summed E-state index contributed by atoms with van der Waals surface area (Å²) in [7, 11) is 0. The lowest BCUT2D eigenvalue weighted by Crippen LogP contribution is -2.41. The van der Waals surface area contributed by atoms with Gasteiger partial charge in [-0.05, 0) is 37.3 Å². The molecule has 0 radical (unpaired) electrons. The number of hydrogen-bond donors (Lipinski definition) is 1. The molecule has 94 valence electrons. The van der Waals surface area contributed by atoms with E-state index in [1.165, 1.54) is 18.4 Å². The topological polar surface area (TPSA) is 21.3 Å². The molecule has 0 saturated carbocycles. The standard InChI is InChI=1S/C15H23NO/c1-13-12-17-11-9-15(13)16-10-5-8-14-6-3-2-4-7-14/h2-4,6-7,13,15-16H,5,8-12H2,1H3. The van der Waals surface area contributed by atoms with Gasteiger partial charge in [-0.25, -0.2) is 0 Å². The third kappa shape index (κ3) is 4.14. The average molecular weight is 233 g/mol. The molecule has 1 aliphatic heterocycles. The number of hydrogen-bond acceptors (Lipinski definition) is 2. The van der Waals surface area contributed by atoms with Crippen molar-refractivity contribution in [3.63, 3.8) is 0 Å². The maximum Gasteiger partial charge on any atom is 0.0506 e. The highest BCUT2D eigenvalue weighted by Crippen LogP contribution is 2.13. The zero-order chi connectivity index (χ0) is 11.9. The first kappa shape index (κ1) is 12.6. The summed E-state index contributed by atoms with van der Waals surface area (Å²) >= 11 is 0. The molecule has 1 aromatic rings. The minimum Gasteiger partial charge on any atom is -0.381 e. The van der Waals surface area contributed by atoms with Crippen molar-refractivity contribution in [2.75, 3.05) is 19.8 Å². The molecule has 0 amide bonds. The van der Waals surface area contributed by atoms with Crippen LogP contribution >= 0.6 is 0 Å². The van der Waals surface area contributed by atoms with Gasteiger partial charge in [0.15, 0.2) is 0 Å². The molecule has 2 unspecified atom stereocenters. The average Bonchev–Trinajstić information content (AvgIpc) is 2.38. The van der Waals surface area contributed by atoms with Crippen LogP contribution in [0.4, 0.5) is 0 Å². The fourth-order valence-electron chi connectivity index (χ4n) is 2.41. The van der Waals surface area contributed by atoms with E-state index in [4.69, 9.17) is 4.74 Å². The van der Waals surface area contributed by atoms with Crippen LogP contribution in [-0.4, -0.2) is 25.8 Å². The lowest BCUT2D eigenvalue weighted by molar-refractivity contribution is 0.0391. The summed E-state index contributed by atoms with van der Waals surface area (Å²) in [5.41, 5.74) is 1.44. The van der Waals surface area contributed by atoms with E-state index in [2.05, 4.69) is 42.6 Å². The van der Waals surface area contributed by atoms with E-state index in [-0.39, 0.29) is 0 Å². The van der Waals surface area contributed by atoms with Gasteiger partial charge in [0, 0.05) is 12.6 Å². The summed E-state index contributed by atoms with van der Waals surface area (Å²) in [5.74, 6) is 0.653. The van der Waals surface area contributed by atoms with Gasteiger partial charge in [0.2, 0.25) is 0 Å². The van der Waals surface area contributed by atoms with Crippen LogP contribution < -0.4 is 5.32 Å². The predicted octanol–water partition coefficient (Wildman–Crippen LogP) is 2.63. The van der Waals surface area contributed by atoms with E-state index in [1.807, 2.05) is 0 Å². The highest BCUT2D eigenvalue weighted by molar-refractivity contribution is 5.14. The summed E-state index contributed by atoms with van der Waals surface area (Å²) in [6, 6.07) is 11.4. The van der Waals surface area contributed by atoms with Gasteiger partial charge in [-0.1, -0.05) is 37.3 Å². The fraction of sp³-hybridized carbons (Fsp3) is 0.600. The van der Waals surface area contributed by atoms with Crippen molar-refractivity contribution in [2.24, 2.45) is 5.92 Å². The minimum atomic E-state index is 0.652. The number of ether oxygens (including phenoxy) is 1. The lowest BCUT2D eigenvalue weighted by Gasteiger charge is -2.29. The number of nitrogens with one attached hydrogen (secondary N) is 1. The lowest BCUT2D eigenvalue weighted by atomic mass is 9.97. The molecule has 1 aromatic carbocycles.